The summed E-state index contributed by atoms with van der Waals surface area (Å²) in [7, 11) is 0. The zero-order chi connectivity index (χ0) is 10.8. The van der Waals surface area contributed by atoms with E-state index in [0.717, 1.165) is 24.3 Å². The Morgan fingerprint density at radius 2 is 2.40 bits per heavy atom. The Morgan fingerprint density at radius 3 is 3.07 bits per heavy atom. The summed E-state index contributed by atoms with van der Waals surface area (Å²) < 4.78 is 13.7. The predicted molar refractivity (Wildman–Crippen MR) is 57.2 cm³/mol. The lowest BCUT2D eigenvalue weighted by atomic mass is 10.0. The minimum absolute atomic E-state index is 0.0474. The van der Waals surface area contributed by atoms with Gasteiger partial charge in [0.15, 0.2) is 0 Å². The van der Waals surface area contributed by atoms with Gasteiger partial charge < -0.3 is 9.74 Å². The van der Waals surface area contributed by atoms with E-state index < -0.39 is 0 Å². The number of nitrogens with two attached hydrogens (primary N) is 1. The van der Waals surface area contributed by atoms with E-state index in [1.54, 1.807) is 6.07 Å². The van der Waals surface area contributed by atoms with E-state index in [2.05, 4.69) is 16.7 Å². The topological polar surface area (TPSA) is 38.5 Å². The maximum atomic E-state index is 13.7. The van der Waals surface area contributed by atoms with Gasteiger partial charge in [0.25, 0.3) is 0 Å². The van der Waals surface area contributed by atoms with Crippen molar-refractivity contribution in [2.75, 3.05) is 24.6 Å². The Labute approximate surface area is 88.6 Å². The first-order chi connectivity index (χ1) is 7.27. The average Bonchev–Trinajstić information content (AvgIpc) is 2.59. The number of hydrogen-bond acceptors (Lipinski definition) is 3. The molecule has 3 nitrogen and oxygen atoms in total. The normalized spacial score (nSPS) is 19.4. The molecule has 15 heavy (non-hydrogen) atoms. The summed E-state index contributed by atoms with van der Waals surface area (Å²) in [6, 6.07) is 5.17. The lowest BCUT2D eigenvalue weighted by Gasteiger charge is -2.16. The summed E-state index contributed by atoms with van der Waals surface area (Å²) in [6.45, 7) is 4.08. The Balaban J connectivity index is 2.39. The number of likely N-dealkylation sites (N-methyl/N-ethyl adjacent to an activating group) is 1. The van der Waals surface area contributed by atoms with Crippen molar-refractivity contribution in [3.8, 4) is 0 Å². The number of nitrogens with zero attached hydrogens (tertiary/aromatic N) is 1. The molecule has 1 aromatic rings. The molecule has 1 aliphatic heterocycles. The highest BCUT2D eigenvalue weighted by Gasteiger charge is 2.30. The van der Waals surface area contributed by atoms with Gasteiger partial charge in [-0.25, -0.2) is 10.3 Å². The Bertz CT molecular complexity index is 356. The van der Waals surface area contributed by atoms with E-state index in [-0.39, 0.29) is 11.7 Å². The second kappa shape index (κ2) is 4.16. The third-order valence-corrected chi connectivity index (χ3v) is 2.90. The quantitative estimate of drug-likeness (QED) is 0.771. The summed E-state index contributed by atoms with van der Waals surface area (Å²) >= 11 is 0. The molecule has 1 heterocycles. The molecule has 0 amide bonds. The second-order valence-electron chi connectivity index (χ2n) is 3.74. The molecule has 1 atom stereocenters. The zero-order valence-electron chi connectivity index (χ0n) is 8.74. The Kier molecular flexibility index (Phi) is 2.88. The highest BCUT2D eigenvalue weighted by Crippen LogP contribution is 2.37. The van der Waals surface area contributed by atoms with Crippen LogP contribution in [0.1, 0.15) is 18.4 Å². The first-order valence-electron chi connectivity index (χ1n) is 5.13. The molecule has 1 unspecified atom stereocenters. The van der Waals surface area contributed by atoms with Gasteiger partial charge in [-0.2, -0.15) is 0 Å². The maximum absolute atomic E-state index is 13.7. The van der Waals surface area contributed by atoms with Crippen LogP contribution in [0.3, 0.4) is 0 Å². The van der Waals surface area contributed by atoms with Crippen LogP contribution in [-0.4, -0.2) is 19.7 Å². The van der Waals surface area contributed by atoms with Gasteiger partial charge >= 0.3 is 0 Å². The van der Waals surface area contributed by atoms with Crippen LogP contribution in [0.4, 0.5) is 10.1 Å². The Hall–Kier alpha value is -1.13. The molecule has 4 heteroatoms. The van der Waals surface area contributed by atoms with Crippen LogP contribution in [0.15, 0.2) is 18.2 Å². The predicted octanol–water partition coefficient (Wildman–Crippen LogP) is 1.64. The SMILES string of the molecule is CCN1CC(CON)c2c(F)cccc21. The lowest BCUT2D eigenvalue weighted by Crippen LogP contribution is -2.23. The third-order valence-electron chi connectivity index (χ3n) is 2.90. The fourth-order valence-corrected chi connectivity index (χ4v) is 2.21. The first-order valence-corrected chi connectivity index (χ1v) is 5.13. The van der Waals surface area contributed by atoms with Gasteiger partial charge in [-0.05, 0) is 19.1 Å². The smallest absolute Gasteiger partial charge is 0.128 e. The van der Waals surface area contributed by atoms with Crippen molar-refractivity contribution in [1.29, 1.82) is 0 Å². The summed E-state index contributed by atoms with van der Waals surface area (Å²) in [5, 5.41) is 0. The highest BCUT2D eigenvalue weighted by atomic mass is 19.1. The molecular formula is C11H15FN2O. The third kappa shape index (κ3) is 1.70. The second-order valence-corrected chi connectivity index (χ2v) is 3.74. The molecule has 2 N–H and O–H groups in total. The van der Waals surface area contributed by atoms with E-state index in [1.807, 2.05) is 6.07 Å². The molecule has 1 aliphatic rings. The van der Waals surface area contributed by atoms with Crippen LogP contribution in [-0.2, 0) is 4.84 Å². The van der Waals surface area contributed by atoms with Crippen molar-refractivity contribution in [3.63, 3.8) is 0 Å². The highest BCUT2D eigenvalue weighted by molar-refractivity contribution is 5.60. The molecule has 82 valence electrons. The van der Waals surface area contributed by atoms with Crippen LogP contribution >= 0.6 is 0 Å². The van der Waals surface area contributed by atoms with E-state index >= 15 is 0 Å². The zero-order valence-corrected chi connectivity index (χ0v) is 8.74. The molecule has 0 spiro atoms. The van der Waals surface area contributed by atoms with Crippen LogP contribution in [0.25, 0.3) is 0 Å². The number of rotatable bonds is 3. The molecular weight excluding hydrogens is 195 g/mol. The first kappa shape index (κ1) is 10.4. The summed E-state index contributed by atoms with van der Waals surface area (Å²) in [6.07, 6.45) is 0. The van der Waals surface area contributed by atoms with Crippen LogP contribution in [0, 0.1) is 5.82 Å². The minimum Gasteiger partial charge on any atom is -0.371 e. The van der Waals surface area contributed by atoms with Gasteiger partial charge in [0.05, 0.1) is 6.61 Å². The maximum Gasteiger partial charge on any atom is 0.128 e. The van der Waals surface area contributed by atoms with E-state index in [4.69, 9.17) is 5.90 Å². The monoisotopic (exact) mass is 210 g/mol. The van der Waals surface area contributed by atoms with Crippen molar-refractivity contribution in [3.05, 3.63) is 29.6 Å². The fraction of sp³-hybridized carbons (Fsp3) is 0.455. The number of anilines is 1. The lowest BCUT2D eigenvalue weighted by molar-refractivity contribution is 0.125. The van der Waals surface area contributed by atoms with Crippen molar-refractivity contribution >= 4 is 5.69 Å². The summed E-state index contributed by atoms with van der Waals surface area (Å²) in [4.78, 5) is 6.78. The van der Waals surface area contributed by atoms with Crippen LogP contribution in [0.2, 0.25) is 0 Å². The molecule has 0 aromatic heterocycles. The van der Waals surface area contributed by atoms with Gasteiger partial charge in [0, 0.05) is 30.3 Å². The molecule has 0 saturated carbocycles. The summed E-state index contributed by atoms with van der Waals surface area (Å²) in [5.41, 5.74) is 1.71. The number of hydrogen-bond donors (Lipinski definition) is 1. The average molecular weight is 210 g/mol. The van der Waals surface area contributed by atoms with Crippen LogP contribution in [0.5, 0.6) is 0 Å². The molecule has 0 bridgehead atoms. The standard InChI is InChI=1S/C11H15FN2O/c1-2-14-6-8(7-15-13)11-9(12)4-3-5-10(11)14/h3-5,8H,2,6-7,13H2,1H3. The molecule has 1 aromatic carbocycles. The fourth-order valence-electron chi connectivity index (χ4n) is 2.21. The van der Waals surface area contributed by atoms with E-state index in [9.17, 15) is 4.39 Å². The van der Waals surface area contributed by atoms with Crippen molar-refractivity contribution in [1.82, 2.24) is 0 Å². The van der Waals surface area contributed by atoms with E-state index in [0.29, 0.717) is 6.61 Å². The molecule has 0 radical (unpaired) electrons. The van der Waals surface area contributed by atoms with Crippen molar-refractivity contribution < 1.29 is 9.23 Å². The van der Waals surface area contributed by atoms with Crippen molar-refractivity contribution in [2.45, 2.75) is 12.8 Å². The Morgan fingerprint density at radius 1 is 1.60 bits per heavy atom. The van der Waals surface area contributed by atoms with Gasteiger partial charge in [-0.3, -0.25) is 0 Å². The molecule has 0 aliphatic carbocycles. The van der Waals surface area contributed by atoms with Gasteiger partial charge in [0.1, 0.15) is 5.82 Å². The van der Waals surface area contributed by atoms with Gasteiger partial charge in [-0.15, -0.1) is 0 Å². The van der Waals surface area contributed by atoms with E-state index in [1.165, 1.54) is 6.07 Å². The molecule has 0 saturated heterocycles. The largest absolute Gasteiger partial charge is 0.371 e. The van der Waals surface area contributed by atoms with Crippen LogP contribution < -0.4 is 10.8 Å². The molecule has 0 fully saturated rings. The molecule has 2 rings (SSSR count). The number of halogens is 1. The minimum atomic E-state index is -0.162. The van der Waals surface area contributed by atoms with Gasteiger partial charge in [0.2, 0.25) is 0 Å². The number of benzene rings is 1. The van der Waals surface area contributed by atoms with Crippen molar-refractivity contribution in [2.24, 2.45) is 5.90 Å². The van der Waals surface area contributed by atoms with Gasteiger partial charge in [-0.1, -0.05) is 6.07 Å². The number of fused-ring (bicyclic) bond motifs is 1. The summed E-state index contributed by atoms with van der Waals surface area (Å²) in [5.74, 6) is 4.95.